The molecule has 0 aliphatic carbocycles. The van der Waals surface area contributed by atoms with Gasteiger partial charge in [0.05, 0.1) is 0 Å². The Morgan fingerprint density at radius 3 is 1.33 bits per heavy atom. The van der Waals surface area contributed by atoms with Crippen molar-refractivity contribution in [3.05, 3.63) is 0 Å². The van der Waals surface area contributed by atoms with Gasteiger partial charge in [-0.1, -0.05) is 11.9 Å². The fourth-order valence-electron chi connectivity index (χ4n) is 1.02. The van der Waals surface area contributed by atoms with Gasteiger partial charge < -0.3 is 0 Å². The molecule has 0 atom stereocenters. The van der Waals surface area contributed by atoms with Crippen LogP contribution in [0.3, 0.4) is 0 Å². The third-order valence-electron chi connectivity index (χ3n) is 1.23. The molecule has 0 unspecified atom stereocenters. The van der Waals surface area contributed by atoms with Gasteiger partial charge in [-0.2, -0.15) is 0 Å². The van der Waals surface area contributed by atoms with Gasteiger partial charge in [0.25, 0.3) is 0 Å². The Morgan fingerprint density at radius 1 is 1.00 bits per heavy atom. The Labute approximate surface area is 62.9 Å². The first-order valence-corrected chi connectivity index (χ1v) is 4.60. The van der Waals surface area contributed by atoms with Crippen LogP contribution < -0.4 is 0 Å². The Morgan fingerprint density at radius 2 is 1.33 bits per heavy atom. The summed E-state index contributed by atoms with van der Waals surface area (Å²) in [6.07, 6.45) is 2.12. The van der Waals surface area contributed by atoms with E-state index in [1.807, 2.05) is 11.9 Å². The van der Waals surface area contributed by atoms with Crippen molar-refractivity contribution in [2.24, 2.45) is 0 Å². The molecule has 56 valence electrons. The molecule has 0 saturated heterocycles. The van der Waals surface area contributed by atoms with Crippen LogP contribution in [0.2, 0.25) is 0 Å². The van der Waals surface area contributed by atoms with E-state index in [2.05, 4.69) is 38.3 Å². The zero-order valence-electron chi connectivity index (χ0n) is 7.01. The highest BCUT2D eigenvalue weighted by molar-refractivity contribution is 7.96. The van der Waals surface area contributed by atoms with Crippen molar-refractivity contribution in [3.63, 3.8) is 0 Å². The van der Waals surface area contributed by atoms with Crippen LogP contribution >= 0.6 is 11.9 Å². The third kappa shape index (κ3) is 3.11. The minimum atomic E-state index is 0.653. The molecule has 0 aromatic heterocycles. The predicted octanol–water partition coefficient (Wildman–Crippen LogP) is 2.38. The maximum atomic E-state index is 2.38. The fraction of sp³-hybridized carbons (Fsp3) is 1.00. The average Bonchev–Trinajstić information content (AvgIpc) is 1.64. The van der Waals surface area contributed by atoms with E-state index in [0.717, 1.165) is 0 Å². The summed E-state index contributed by atoms with van der Waals surface area (Å²) in [6.45, 7) is 8.88. The quantitative estimate of drug-likeness (QED) is 0.564. The van der Waals surface area contributed by atoms with E-state index in [9.17, 15) is 0 Å². The molecule has 2 heteroatoms. The first-order valence-electron chi connectivity index (χ1n) is 3.42. The smallest absolute Gasteiger partial charge is 0.0148 e. The highest BCUT2D eigenvalue weighted by Gasteiger charge is 2.10. The van der Waals surface area contributed by atoms with Crippen LogP contribution in [-0.4, -0.2) is 22.6 Å². The topological polar surface area (TPSA) is 3.24 Å². The Balaban J connectivity index is 3.68. The minimum absolute atomic E-state index is 0.653. The molecule has 0 aromatic carbocycles. The summed E-state index contributed by atoms with van der Waals surface area (Å²) in [5.74, 6) is 0. The normalized spacial score (nSPS) is 12.0. The molecule has 0 heterocycles. The van der Waals surface area contributed by atoms with Gasteiger partial charge in [0.15, 0.2) is 0 Å². The molecule has 0 saturated carbocycles. The van der Waals surface area contributed by atoms with Gasteiger partial charge in [-0.3, -0.25) is 0 Å². The molecule has 0 rings (SSSR count). The summed E-state index contributed by atoms with van der Waals surface area (Å²) in [5, 5.41) is 0. The second kappa shape index (κ2) is 4.18. The molecule has 0 spiro atoms. The highest BCUT2D eigenvalue weighted by Crippen LogP contribution is 2.14. The van der Waals surface area contributed by atoms with E-state index in [4.69, 9.17) is 0 Å². The molecule has 1 nitrogen and oxygen atoms in total. The summed E-state index contributed by atoms with van der Waals surface area (Å²) in [7, 11) is 0. The number of nitrogens with zero attached hydrogens (tertiary/aromatic N) is 1. The molecular weight excluding hydrogens is 130 g/mol. The van der Waals surface area contributed by atoms with Crippen LogP contribution in [0, 0.1) is 0 Å². The van der Waals surface area contributed by atoms with Gasteiger partial charge in [0.1, 0.15) is 0 Å². The Hall–Kier alpha value is 0.310. The van der Waals surface area contributed by atoms with Crippen LogP contribution in [-0.2, 0) is 0 Å². The summed E-state index contributed by atoms with van der Waals surface area (Å²) >= 11 is 1.82. The largest absolute Gasteiger partial charge is 0.246 e. The lowest BCUT2D eigenvalue weighted by Gasteiger charge is -2.27. The maximum absolute atomic E-state index is 2.38. The maximum Gasteiger partial charge on any atom is 0.0148 e. The molecule has 0 radical (unpaired) electrons. The summed E-state index contributed by atoms with van der Waals surface area (Å²) < 4.78 is 2.38. The molecule has 0 N–H and O–H groups in total. The van der Waals surface area contributed by atoms with Crippen molar-refractivity contribution < 1.29 is 0 Å². The van der Waals surface area contributed by atoms with Gasteiger partial charge in [-0.05, 0) is 34.0 Å². The fourth-order valence-corrected chi connectivity index (χ4v) is 1.86. The van der Waals surface area contributed by atoms with E-state index in [1.54, 1.807) is 0 Å². The van der Waals surface area contributed by atoms with Crippen LogP contribution in [0.25, 0.3) is 0 Å². The predicted molar refractivity (Wildman–Crippen MR) is 45.6 cm³/mol. The molecule has 0 amide bonds. The molecular formula is C7H17NS. The Kier molecular flexibility index (Phi) is 4.32. The van der Waals surface area contributed by atoms with Gasteiger partial charge in [0.2, 0.25) is 0 Å². The second-order valence-corrected chi connectivity index (χ2v) is 3.52. The summed E-state index contributed by atoms with van der Waals surface area (Å²) in [5.41, 5.74) is 0. The zero-order valence-corrected chi connectivity index (χ0v) is 7.83. The lowest BCUT2D eigenvalue weighted by molar-refractivity contribution is 0.337. The SMILES string of the molecule is CSN(C(C)C)C(C)C. The van der Waals surface area contributed by atoms with Gasteiger partial charge in [-0.25, -0.2) is 4.31 Å². The lowest BCUT2D eigenvalue weighted by Crippen LogP contribution is -2.30. The van der Waals surface area contributed by atoms with Gasteiger partial charge in [-0.15, -0.1) is 0 Å². The molecule has 0 aromatic rings. The monoisotopic (exact) mass is 147 g/mol. The lowest BCUT2D eigenvalue weighted by atomic mass is 10.3. The van der Waals surface area contributed by atoms with Crippen LogP contribution in [0.5, 0.6) is 0 Å². The van der Waals surface area contributed by atoms with Crippen molar-refractivity contribution in [3.8, 4) is 0 Å². The van der Waals surface area contributed by atoms with Crippen molar-refractivity contribution >= 4 is 11.9 Å². The first kappa shape index (κ1) is 9.31. The Bertz CT molecular complexity index is 63.3. The number of hydrogen-bond donors (Lipinski definition) is 0. The van der Waals surface area contributed by atoms with Gasteiger partial charge >= 0.3 is 0 Å². The van der Waals surface area contributed by atoms with Crippen molar-refractivity contribution in [1.82, 2.24) is 4.31 Å². The molecule has 0 aliphatic rings. The third-order valence-corrected chi connectivity index (χ3v) is 2.49. The van der Waals surface area contributed by atoms with Crippen molar-refractivity contribution in [1.29, 1.82) is 0 Å². The van der Waals surface area contributed by atoms with E-state index >= 15 is 0 Å². The summed E-state index contributed by atoms with van der Waals surface area (Å²) in [6, 6.07) is 1.31. The van der Waals surface area contributed by atoms with Crippen molar-refractivity contribution in [2.45, 2.75) is 39.8 Å². The molecule has 0 aliphatic heterocycles. The zero-order chi connectivity index (χ0) is 7.44. The molecule has 0 fully saturated rings. The highest BCUT2D eigenvalue weighted by atomic mass is 32.2. The molecule has 9 heavy (non-hydrogen) atoms. The first-order chi connectivity index (χ1) is 4.09. The van der Waals surface area contributed by atoms with Crippen LogP contribution in [0.4, 0.5) is 0 Å². The van der Waals surface area contributed by atoms with E-state index in [1.165, 1.54) is 0 Å². The van der Waals surface area contributed by atoms with Crippen molar-refractivity contribution in [2.75, 3.05) is 6.26 Å². The number of hydrogen-bond acceptors (Lipinski definition) is 2. The van der Waals surface area contributed by atoms with Gasteiger partial charge in [0, 0.05) is 12.1 Å². The van der Waals surface area contributed by atoms with Crippen LogP contribution in [0.15, 0.2) is 0 Å². The average molecular weight is 147 g/mol. The van der Waals surface area contributed by atoms with Crippen LogP contribution in [0.1, 0.15) is 27.7 Å². The second-order valence-electron chi connectivity index (χ2n) is 2.73. The minimum Gasteiger partial charge on any atom is -0.246 e. The van der Waals surface area contributed by atoms with E-state index in [0.29, 0.717) is 12.1 Å². The summed E-state index contributed by atoms with van der Waals surface area (Å²) in [4.78, 5) is 0. The molecule has 0 bridgehead atoms. The van der Waals surface area contributed by atoms with E-state index < -0.39 is 0 Å². The van der Waals surface area contributed by atoms with E-state index in [-0.39, 0.29) is 0 Å². The number of rotatable bonds is 3. The standard InChI is InChI=1S/C7H17NS/c1-6(2)8(9-5)7(3)4/h6-7H,1-5H3.